The lowest BCUT2D eigenvalue weighted by Crippen LogP contribution is -2.41. The zero-order chi connectivity index (χ0) is 16.9. The maximum absolute atomic E-state index is 12.0. The van der Waals surface area contributed by atoms with Crippen molar-refractivity contribution in [2.24, 2.45) is 0 Å². The quantitative estimate of drug-likeness (QED) is 0.272. The molecule has 0 aliphatic heterocycles. The number of unbranched alkanes of at least 4 members (excludes halogenated alkanes) is 2. The van der Waals surface area contributed by atoms with E-state index in [-0.39, 0.29) is 5.91 Å². The van der Waals surface area contributed by atoms with Crippen molar-refractivity contribution in [3.05, 3.63) is 24.3 Å². The van der Waals surface area contributed by atoms with Crippen LogP contribution in [-0.4, -0.2) is 20.1 Å². The van der Waals surface area contributed by atoms with Gasteiger partial charge in [0.05, 0.1) is 10.2 Å². The van der Waals surface area contributed by atoms with Crippen molar-refractivity contribution in [1.82, 2.24) is 10.3 Å². The summed E-state index contributed by atoms with van der Waals surface area (Å²) in [4.78, 5) is 16.5. The topological polar surface area (TPSA) is 42.0 Å². The van der Waals surface area contributed by atoms with Crippen molar-refractivity contribution in [2.75, 3.05) is 0 Å². The van der Waals surface area contributed by atoms with Gasteiger partial charge in [0.2, 0.25) is 9.70 Å². The molecule has 23 heavy (non-hydrogen) atoms. The van der Waals surface area contributed by atoms with Crippen molar-refractivity contribution >= 4 is 74.0 Å². The van der Waals surface area contributed by atoms with Gasteiger partial charge >= 0.3 is 0 Å². The lowest BCUT2D eigenvalue weighted by molar-refractivity contribution is -0.121. The van der Waals surface area contributed by atoms with Crippen LogP contribution in [0.4, 0.5) is 0 Å². The second-order valence-electron chi connectivity index (χ2n) is 5.01. The van der Waals surface area contributed by atoms with E-state index in [1.807, 2.05) is 24.3 Å². The number of alkyl halides is 3. The average Bonchev–Trinajstić information content (AvgIpc) is 2.88. The van der Waals surface area contributed by atoms with Crippen LogP contribution < -0.4 is 5.32 Å². The van der Waals surface area contributed by atoms with Gasteiger partial charge in [0.15, 0.2) is 4.34 Å². The molecule has 126 valence electrons. The zero-order valence-electron chi connectivity index (χ0n) is 12.5. The molecule has 0 aliphatic rings. The van der Waals surface area contributed by atoms with E-state index in [0.29, 0.717) is 6.42 Å². The highest BCUT2D eigenvalue weighted by molar-refractivity contribution is 8.02. The number of benzene rings is 1. The summed E-state index contributed by atoms with van der Waals surface area (Å²) in [5.74, 6) is -0.108. The van der Waals surface area contributed by atoms with Crippen LogP contribution in [0.5, 0.6) is 0 Å². The molecule has 1 heterocycles. The Kier molecular flexibility index (Phi) is 7.29. The molecular formula is C15H17Cl3N2OS2. The number of hydrogen-bond acceptors (Lipinski definition) is 4. The summed E-state index contributed by atoms with van der Waals surface area (Å²) < 4.78 is 0.215. The number of para-hydroxylation sites is 1. The van der Waals surface area contributed by atoms with Crippen molar-refractivity contribution < 1.29 is 4.79 Å². The number of amides is 1. The Morgan fingerprint density at radius 3 is 2.74 bits per heavy atom. The average molecular weight is 412 g/mol. The Labute approximate surface area is 159 Å². The monoisotopic (exact) mass is 410 g/mol. The van der Waals surface area contributed by atoms with Crippen molar-refractivity contribution in [1.29, 1.82) is 0 Å². The molecule has 1 aromatic heterocycles. The molecule has 0 radical (unpaired) electrons. The number of carbonyl (C=O) groups excluding carboxylic acids is 1. The Balaban J connectivity index is 2.05. The summed E-state index contributed by atoms with van der Waals surface area (Å²) in [6, 6.07) is 7.81. The molecule has 2 rings (SSSR count). The van der Waals surface area contributed by atoms with Crippen LogP contribution in [0.1, 0.15) is 32.6 Å². The smallest absolute Gasteiger partial charge is 0.221 e. The van der Waals surface area contributed by atoms with Gasteiger partial charge in [-0.25, -0.2) is 4.98 Å². The van der Waals surface area contributed by atoms with E-state index in [2.05, 4.69) is 17.2 Å². The lowest BCUT2D eigenvalue weighted by Gasteiger charge is -2.24. The number of nitrogens with one attached hydrogen (secondary N) is 1. The molecule has 2 aromatic rings. The third-order valence-corrected chi connectivity index (χ3v) is 6.50. The molecule has 8 heteroatoms. The number of aromatic nitrogens is 1. The first-order chi connectivity index (χ1) is 10.9. The minimum atomic E-state index is -1.61. The van der Waals surface area contributed by atoms with Crippen LogP contribution in [0.15, 0.2) is 28.6 Å². The molecule has 3 nitrogen and oxygen atoms in total. The summed E-state index contributed by atoms with van der Waals surface area (Å²) in [6.07, 6.45) is 3.34. The Morgan fingerprint density at radius 2 is 2.09 bits per heavy atom. The third kappa shape index (κ3) is 5.98. The largest absolute Gasteiger partial charge is 0.340 e. The summed E-state index contributed by atoms with van der Waals surface area (Å²) in [6.45, 7) is 2.09. The number of rotatable bonds is 7. The minimum Gasteiger partial charge on any atom is -0.340 e. The fourth-order valence-electron chi connectivity index (χ4n) is 1.93. The minimum absolute atomic E-state index is 0.108. The van der Waals surface area contributed by atoms with Gasteiger partial charge in [0, 0.05) is 6.42 Å². The van der Waals surface area contributed by atoms with Gasteiger partial charge in [-0.1, -0.05) is 78.5 Å². The molecule has 1 amide bonds. The first-order valence-corrected chi connectivity index (χ1v) is 10.1. The van der Waals surface area contributed by atoms with Gasteiger partial charge in [0.1, 0.15) is 5.37 Å². The van der Waals surface area contributed by atoms with Crippen LogP contribution in [0.3, 0.4) is 0 Å². The first kappa shape index (κ1) is 19.1. The Morgan fingerprint density at radius 1 is 1.35 bits per heavy atom. The van der Waals surface area contributed by atoms with E-state index in [0.717, 1.165) is 33.8 Å². The first-order valence-electron chi connectivity index (χ1n) is 7.28. The number of carbonyl (C=O) groups is 1. The molecule has 0 spiro atoms. The van der Waals surface area contributed by atoms with Gasteiger partial charge in [-0.15, -0.1) is 11.3 Å². The zero-order valence-corrected chi connectivity index (χ0v) is 16.4. The molecule has 0 saturated heterocycles. The second-order valence-corrected chi connectivity index (χ2v) is 9.76. The predicted octanol–water partition coefficient (Wildman–Crippen LogP) is 5.78. The second kappa shape index (κ2) is 8.77. The number of nitrogens with zero attached hydrogens (tertiary/aromatic N) is 1. The maximum atomic E-state index is 12.0. The van der Waals surface area contributed by atoms with Crippen LogP contribution >= 0.6 is 57.9 Å². The summed E-state index contributed by atoms with van der Waals surface area (Å²) in [5, 5.41) is 2.13. The molecule has 0 bridgehead atoms. The van der Waals surface area contributed by atoms with E-state index in [4.69, 9.17) is 34.8 Å². The predicted molar refractivity (Wildman–Crippen MR) is 102 cm³/mol. The number of thiazole rings is 1. The molecule has 1 unspecified atom stereocenters. The molecule has 1 N–H and O–H groups in total. The number of hydrogen-bond donors (Lipinski definition) is 1. The van der Waals surface area contributed by atoms with Gasteiger partial charge in [-0.3, -0.25) is 4.79 Å². The normalized spacial score (nSPS) is 13.2. The number of thioether (sulfide) groups is 1. The number of fused-ring (bicyclic) bond motifs is 1. The highest BCUT2D eigenvalue weighted by Crippen LogP contribution is 2.41. The van der Waals surface area contributed by atoms with Crippen LogP contribution in [0.25, 0.3) is 10.2 Å². The van der Waals surface area contributed by atoms with Gasteiger partial charge in [-0.05, 0) is 18.6 Å². The molecule has 0 fully saturated rings. The fraction of sp³-hybridized carbons (Fsp3) is 0.467. The van der Waals surface area contributed by atoms with Crippen molar-refractivity contribution in [3.8, 4) is 0 Å². The SMILES string of the molecule is CCCCCC(=O)NC(Sc1nc2ccccc2s1)C(Cl)(Cl)Cl. The molecular weight excluding hydrogens is 395 g/mol. The summed E-state index contributed by atoms with van der Waals surface area (Å²) >= 11 is 20.9. The van der Waals surface area contributed by atoms with Crippen LogP contribution in [0, 0.1) is 0 Å². The number of halogens is 3. The van der Waals surface area contributed by atoms with E-state index in [1.165, 1.54) is 23.1 Å². The summed E-state index contributed by atoms with van der Waals surface area (Å²) in [7, 11) is 0. The van der Waals surface area contributed by atoms with Crippen molar-refractivity contribution in [3.63, 3.8) is 0 Å². The van der Waals surface area contributed by atoms with E-state index >= 15 is 0 Å². The maximum Gasteiger partial charge on any atom is 0.221 e. The molecule has 1 aromatic carbocycles. The van der Waals surface area contributed by atoms with Crippen LogP contribution in [0.2, 0.25) is 0 Å². The van der Waals surface area contributed by atoms with Gasteiger partial charge in [0.25, 0.3) is 0 Å². The van der Waals surface area contributed by atoms with E-state index in [1.54, 1.807) is 0 Å². The Hall–Kier alpha value is -0.200. The van der Waals surface area contributed by atoms with Crippen molar-refractivity contribution in [2.45, 2.75) is 46.1 Å². The fourth-order valence-corrected chi connectivity index (χ4v) is 4.62. The third-order valence-electron chi connectivity index (χ3n) is 3.09. The highest BCUT2D eigenvalue weighted by atomic mass is 35.6. The Bertz CT molecular complexity index is 624. The molecule has 0 aliphatic carbocycles. The molecule has 0 saturated carbocycles. The van der Waals surface area contributed by atoms with Gasteiger partial charge in [-0.2, -0.15) is 0 Å². The highest BCUT2D eigenvalue weighted by Gasteiger charge is 2.35. The van der Waals surface area contributed by atoms with E-state index < -0.39 is 9.17 Å². The lowest BCUT2D eigenvalue weighted by atomic mass is 10.2. The van der Waals surface area contributed by atoms with Crippen LogP contribution in [-0.2, 0) is 4.79 Å². The standard InChI is InChI=1S/C15H17Cl3N2OS2/c1-2-3-4-9-12(21)20-13(15(16,17)18)23-14-19-10-7-5-6-8-11(10)22-14/h5-8,13H,2-4,9H2,1H3,(H,20,21). The van der Waals surface area contributed by atoms with Gasteiger partial charge < -0.3 is 5.32 Å². The summed E-state index contributed by atoms with van der Waals surface area (Å²) in [5.41, 5.74) is 0.900. The van der Waals surface area contributed by atoms with E-state index in [9.17, 15) is 4.79 Å². The molecule has 1 atom stereocenters.